The number of hydrogen-bond acceptors (Lipinski definition) is 3. The number of rotatable bonds is 4. The fourth-order valence-corrected chi connectivity index (χ4v) is 2.67. The molecule has 1 heterocycles. The van der Waals surface area contributed by atoms with E-state index < -0.39 is 11.9 Å². The standard InChI is InChI=1S/C13H13BrFNO3/c14-10-7-8(15)1-2-9(10)11(17)5-6-16-12(18)3-4-13(16)19/h1-2,7,11,17H,3-6H2. The maximum atomic E-state index is 12.9. The lowest BCUT2D eigenvalue weighted by molar-refractivity contribution is -0.138. The van der Waals surface area contributed by atoms with Crippen LogP contribution < -0.4 is 0 Å². The van der Waals surface area contributed by atoms with Gasteiger partial charge in [0, 0.05) is 23.9 Å². The summed E-state index contributed by atoms with van der Waals surface area (Å²) in [6, 6.07) is 4.01. The highest BCUT2D eigenvalue weighted by atomic mass is 79.9. The van der Waals surface area contributed by atoms with E-state index in [9.17, 15) is 19.1 Å². The van der Waals surface area contributed by atoms with Gasteiger partial charge in [0.1, 0.15) is 5.82 Å². The quantitative estimate of drug-likeness (QED) is 0.861. The van der Waals surface area contributed by atoms with Gasteiger partial charge in [-0.05, 0) is 24.1 Å². The second-order valence-corrected chi connectivity index (χ2v) is 5.26. The summed E-state index contributed by atoms with van der Waals surface area (Å²) >= 11 is 3.18. The van der Waals surface area contributed by atoms with E-state index in [0.717, 1.165) is 0 Å². The normalized spacial score (nSPS) is 17.1. The van der Waals surface area contributed by atoms with E-state index >= 15 is 0 Å². The van der Waals surface area contributed by atoms with E-state index in [4.69, 9.17) is 0 Å². The fourth-order valence-electron chi connectivity index (χ4n) is 2.05. The van der Waals surface area contributed by atoms with Crippen LogP contribution >= 0.6 is 15.9 Å². The molecule has 1 aromatic carbocycles. The van der Waals surface area contributed by atoms with Gasteiger partial charge in [-0.15, -0.1) is 0 Å². The molecular formula is C13H13BrFNO3. The van der Waals surface area contributed by atoms with Crippen molar-refractivity contribution in [2.45, 2.75) is 25.4 Å². The number of likely N-dealkylation sites (tertiary alicyclic amines) is 1. The van der Waals surface area contributed by atoms with Gasteiger partial charge in [-0.3, -0.25) is 14.5 Å². The van der Waals surface area contributed by atoms with Crippen molar-refractivity contribution in [1.29, 1.82) is 0 Å². The van der Waals surface area contributed by atoms with E-state index in [1.165, 1.54) is 23.1 Å². The molecular weight excluding hydrogens is 317 g/mol. The molecule has 0 aromatic heterocycles. The number of carbonyl (C=O) groups is 2. The van der Waals surface area contributed by atoms with Crippen molar-refractivity contribution >= 4 is 27.7 Å². The van der Waals surface area contributed by atoms with Crippen molar-refractivity contribution in [1.82, 2.24) is 4.90 Å². The third-order valence-corrected chi connectivity index (χ3v) is 3.79. The molecule has 1 unspecified atom stereocenters. The number of benzene rings is 1. The Morgan fingerprint density at radius 3 is 2.53 bits per heavy atom. The van der Waals surface area contributed by atoms with Gasteiger partial charge in [-0.1, -0.05) is 22.0 Å². The van der Waals surface area contributed by atoms with Crippen LogP contribution in [0.5, 0.6) is 0 Å². The Morgan fingerprint density at radius 2 is 1.95 bits per heavy atom. The van der Waals surface area contributed by atoms with Gasteiger partial charge >= 0.3 is 0 Å². The van der Waals surface area contributed by atoms with Gasteiger partial charge in [-0.2, -0.15) is 0 Å². The number of halogens is 2. The van der Waals surface area contributed by atoms with E-state index in [1.807, 2.05) is 0 Å². The summed E-state index contributed by atoms with van der Waals surface area (Å²) in [6.07, 6.45) is -0.123. The predicted molar refractivity (Wildman–Crippen MR) is 69.6 cm³/mol. The monoisotopic (exact) mass is 329 g/mol. The Morgan fingerprint density at radius 1 is 1.32 bits per heavy atom. The zero-order valence-corrected chi connectivity index (χ0v) is 11.7. The first-order chi connectivity index (χ1) is 8.99. The van der Waals surface area contributed by atoms with Gasteiger partial charge in [0.2, 0.25) is 11.8 Å². The summed E-state index contributed by atoms with van der Waals surface area (Å²) in [5, 5.41) is 10.0. The largest absolute Gasteiger partial charge is 0.388 e. The first kappa shape index (κ1) is 14.1. The van der Waals surface area contributed by atoms with Crippen molar-refractivity contribution in [3.05, 3.63) is 34.1 Å². The van der Waals surface area contributed by atoms with Crippen LogP contribution in [-0.4, -0.2) is 28.4 Å². The molecule has 1 aliphatic heterocycles. The molecule has 0 radical (unpaired) electrons. The van der Waals surface area contributed by atoms with Crippen molar-refractivity contribution in [2.24, 2.45) is 0 Å². The highest BCUT2D eigenvalue weighted by molar-refractivity contribution is 9.10. The lowest BCUT2D eigenvalue weighted by Crippen LogP contribution is -2.30. The molecule has 1 fully saturated rings. The molecule has 1 aliphatic rings. The number of hydrogen-bond donors (Lipinski definition) is 1. The van der Waals surface area contributed by atoms with Crippen LogP contribution in [0, 0.1) is 5.82 Å². The molecule has 1 atom stereocenters. The summed E-state index contributed by atoms with van der Waals surface area (Å²) in [6.45, 7) is 0.183. The third-order valence-electron chi connectivity index (χ3n) is 3.10. The lowest BCUT2D eigenvalue weighted by atomic mass is 10.1. The Hall–Kier alpha value is -1.27. The minimum Gasteiger partial charge on any atom is -0.388 e. The summed E-state index contributed by atoms with van der Waals surface area (Å²) in [7, 11) is 0. The van der Waals surface area contributed by atoms with Crippen LogP contribution in [0.2, 0.25) is 0 Å². The molecule has 0 saturated carbocycles. The minimum absolute atomic E-state index is 0.183. The fraction of sp³-hybridized carbons (Fsp3) is 0.385. The summed E-state index contributed by atoms with van der Waals surface area (Å²) in [5.74, 6) is -0.793. The van der Waals surface area contributed by atoms with Gasteiger partial charge in [0.05, 0.1) is 6.10 Å². The zero-order valence-electron chi connectivity index (χ0n) is 10.1. The Balaban J connectivity index is 1.99. The Labute approximate surface area is 118 Å². The molecule has 19 heavy (non-hydrogen) atoms. The first-order valence-corrected chi connectivity index (χ1v) is 6.74. The Bertz CT molecular complexity index is 505. The molecule has 0 bridgehead atoms. The molecule has 0 spiro atoms. The number of nitrogens with zero attached hydrogens (tertiary/aromatic N) is 1. The maximum Gasteiger partial charge on any atom is 0.229 e. The summed E-state index contributed by atoms with van der Waals surface area (Å²) in [5.41, 5.74) is 0.542. The number of carbonyl (C=O) groups excluding carboxylic acids is 2. The topological polar surface area (TPSA) is 57.6 Å². The van der Waals surface area contributed by atoms with Crippen LogP contribution in [0.4, 0.5) is 4.39 Å². The van der Waals surface area contributed by atoms with Crippen molar-refractivity contribution in [2.75, 3.05) is 6.54 Å². The van der Waals surface area contributed by atoms with Gasteiger partial charge < -0.3 is 5.11 Å². The number of imide groups is 1. The average molecular weight is 330 g/mol. The lowest BCUT2D eigenvalue weighted by Gasteiger charge is -2.17. The maximum absolute atomic E-state index is 12.9. The molecule has 2 amide bonds. The van der Waals surface area contributed by atoms with Crippen LogP contribution in [0.25, 0.3) is 0 Å². The molecule has 2 rings (SSSR count). The molecule has 6 heteroatoms. The Kier molecular flexibility index (Phi) is 4.31. The molecule has 1 saturated heterocycles. The van der Waals surface area contributed by atoms with Gasteiger partial charge in [0.25, 0.3) is 0 Å². The van der Waals surface area contributed by atoms with E-state index in [2.05, 4.69) is 15.9 Å². The van der Waals surface area contributed by atoms with Crippen molar-refractivity contribution in [3.8, 4) is 0 Å². The van der Waals surface area contributed by atoms with Crippen LogP contribution in [0.3, 0.4) is 0 Å². The molecule has 4 nitrogen and oxygen atoms in total. The first-order valence-electron chi connectivity index (χ1n) is 5.95. The second kappa shape index (κ2) is 5.79. The summed E-state index contributed by atoms with van der Waals surface area (Å²) in [4.78, 5) is 24.0. The number of amides is 2. The predicted octanol–water partition coefficient (Wildman–Crippen LogP) is 2.16. The highest BCUT2D eigenvalue weighted by Crippen LogP contribution is 2.27. The molecule has 102 valence electrons. The molecule has 1 aromatic rings. The SMILES string of the molecule is O=C1CCC(=O)N1CCC(O)c1ccc(F)cc1Br. The highest BCUT2D eigenvalue weighted by Gasteiger charge is 2.29. The van der Waals surface area contributed by atoms with Gasteiger partial charge in [-0.25, -0.2) is 4.39 Å². The third kappa shape index (κ3) is 3.19. The average Bonchev–Trinajstić information content (AvgIpc) is 2.66. The van der Waals surface area contributed by atoms with E-state index in [1.54, 1.807) is 0 Å². The van der Waals surface area contributed by atoms with E-state index in [0.29, 0.717) is 10.0 Å². The number of aliphatic hydroxyl groups is 1. The summed E-state index contributed by atoms with van der Waals surface area (Å²) < 4.78 is 13.4. The van der Waals surface area contributed by atoms with Crippen LogP contribution in [0.1, 0.15) is 30.9 Å². The second-order valence-electron chi connectivity index (χ2n) is 4.41. The van der Waals surface area contributed by atoms with Crippen molar-refractivity contribution in [3.63, 3.8) is 0 Å². The van der Waals surface area contributed by atoms with Crippen molar-refractivity contribution < 1.29 is 19.1 Å². The number of aliphatic hydroxyl groups excluding tert-OH is 1. The van der Waals surface area contributed by atoms with Gasteiger partial charge in [0.15, 0.2) is 0 Å². The van der Waals surface area contributed by atoms with E-state index in [-0.39, 0.29) is 37.6 Å². The smallest absolute Gasteiger partial charge is 0.229 e. The molecule has 0 aliphatic carbocycles. The molecule has 1 N–H and O–H groups in total. The zero-order chi connectivity index (χ0) is 14.0. The van der Waals surface area contributed by atoms with Crippen LogP contribution in [-0.2, 0) is 9.59 Å². The van der Waals surface area contributed by atoms with Crippen LogP contribution in [0.15, 0.2) is 22.7 Å². The minimum atomic E-state index is -0.851.